The summed E-state index contributed by atoms with van der Waals surface area (Å²) in [4.78, 5) is 8.36. The van der Waals surface area contributed by atoms with Crippen molar-refractivity contribution in [2.24, 2.45) is 5.84 Å². The molecule has 0 radical (unpaired) electrons. The first-order valence-electron chi connectivity index (χ1n) is 4.60. The molecule has 78 valence electrons. The van der Waals surface area contributed by atoms with Gasteiger partial charge in [0.05, 0.1) is 30.2 Å². The number of nitrogens with two attached hydrogens (primary N) is 1. The van der Waals surface area contributed by atoms with Crippen LogP contribution in [0.1, 0.15) is 24.4 Å². The first-order chi connectivity index (χ1) is 6.77. The van der Waals surface area contributed by atoms with E-state index in [1.807, 2.05) is 13.8 Å². The quantitative estimate of drug-likeness (QED) is 0.524. The molecule has 0 saturated carbocycles. The van der Waals surface area contributed by atoms with Crippen LogP contribution in [-0.4, -0.2) is 23.2 Å². The molecule has 1 aromatic heterocycles. The van der Waals surface area contributed by atoms with Gasteiger partial charge in [-0.2, -0.15) is 0 Å². The van der Waals surface area contributed by atoms with Crippen LogP contribution in [0.3, 0.4) is 0 Å². The molecule has 5 nitrogen and oxygen atoms in total. The van der Waals surface area contributed by atoms with Crippen LogP contribution in [0.4, 0.5) is 0 Å². The Morgan fingerprint density at radius 1 is 1.50 bits per heavy atom. The van der Waals surface area contributed by atoms with E-state index in [9.17, 15) is 0 Å². The summed E-state index contributed by atoms with van der Waals surface area (Å²) in [5.41, 5.74) is 4.33. The van der Waals surface area contributed by atoms with Crippen molar-refractivity contribution in [2.45, 2.75) is 19.9 Å². The lowest BCUT2D eigenvalue weighted by Gasteiger charge is -2.14. The largest absolute Gasteiger partial charge is 0.380 e. The summed E-state index contributed by atoms with van der Waals surface area (Å²) in [6.07, 6.45) is 3.42. The third kappa shape index (κ3) is 3.02. The van der Waals surface area contributed by atoms with Crippen molar-refractivity contribution in [1.82, 2.24) is 15.4 Å². The monoisotopic (exact) mass is 196 g/mol. The molecule has 0 amide bonds. The average Bonchev–Trinajstić information content (AvgIpc) is 2.21. The fourth-order valence-corrected chi connectivity index (χ4v) is 1.04. The molecule has 1 aromatic rings. The second-order valence-electron chi connectivity index (χ2n) is 2.96. The number of nitrogens with zero attached hydrogens (tertiary/aromatic N) is 2. The molecule has 1 rings (SSSR count). The molecule has 0 aliphatic heterocycles. The van der Waals surface area contributed by atoms with Crippen molar-refractivity contribution in [3.8, 4) is 0 Å². The van der Waals surface area contributed by atoms with Crippen LogP contribution in [0.2, 0.25) is 0 Å². The minimum absolute atomic E-state index is 0.0944. The van der Waals surface area contributed by atoms with Crippen LogP contribution in [0.25, 0.3) is 0 Å². The summed E-state index contributed by atoms with van der Waals surface area (Å²) in [6.45, 7) is 5.00. The molecule has 1 atom stereocenters. The normalized spacial score (nSPS) is 12.8. The van der Waals surface area contributed by atoms with Gasteiger partial charge in [0.2, 0.25) is 0 Å². The highest BCUT2D eigenvalue weighted by atomic mass is 16.5. The number of aromatic nitrogens is 2. The summed E-state index contributed by atoms with van der Waals surface area (Å²) >= 11 is 0. The van der Waals surface area contributed by atoms with E-state index in [-0.39, 0.29) is 6.04 Å². The second-order valence-corrected chi connectivity index (χ2v) is 2.96. The molecule has 0 aliphatic carbocycles. The maximum Gasteiger partial charge on any atom is 0.0880 e. The molecule has 14 heavy (non-hydrogen) atoms. The highest BCUT2D eigenvalue weighted by molar-refractivity contribution is 5.05. The molecule has 3 N–H and O–H groups in total. The predicted molar refractivity (Wildman–Crippen MR) is 53.3 cm³/mol. The van der Waals surface area contributed by atoms with E-state index in [0.29, 0.717) is 13.2 Å². The van der Waals surface area contributed by atoms with Crippen LogP contribution < -0.4 is 11.3 Å². The molecule has 1 heterocycles. The van der Waals surface area contributed by atoms with E-state index in [4.69, 9.17) is 10.6 Å². The van der Waals surface area contributed by atoms with Crippen molar-refractivity contribution in [3.63, 3.8) is 0 Å². The zero-order valence-electron chi connectivity index (χ0n) is 8.53. The van der Waals surface area contributed by atoms with Gasteiger partial charge in [0.1, 0.15) is 0 Å². The van der Waals surface area contributed by atoms with E-state index >= 15 is 0 Å². The highest BCUT2D eigenvalue weighted by Gasteiger charge is 2.10. The number of hydrogen-bond acceptors (Lipinski definition) is 5. The lowest BCUT2D eigenvalue weighted by molar-refractivity contribution is 0.122. The SMILES string of the molecule is CCOCC(NN)c1cnc(C)cn1. The Labute approximate surface area is 83.7 Å². The lowest BCUT2D eigenvalue weighted by Crippen LogP contribution is -2.32. The molecule has 0 aliphatic rings. The number of hydrazine groups is 1. The van der Waals surface area contributed by atoms with E-state index < -0.39 is 0 Å². The van der Waals surface area contributed by atoms with Gasteiger partial charge in [0.25, 0.3) is 0 Å². The molecule has 0 fully saturated rings. The first kappa shape index (κ1) is 11.0. The molecule has 0 spiro atoms. The summed E-state index contributed by atoms with van der Waals surface area (Å²) < 4.78 is 5.26. The number of rotatable bonds is 5. The van der Waals surface area contributed by atoms with Crippen molar-refractivity contribution < 1.29 is 4.74 Å². The molecule has 5 heteroatoms. The summed E-state index contributed by atoms with van der Waals surface area (Å²) in [6, 6.07) is -0.0944. The van der Waals surface area contributed by atoms with Gasteiger partial charge < -0.3 is 4.74 Å². The average molecular weight is 196 g/mol. The van der Waals surface area contributed by atoms with Gasteiger partial charge in [-0.15, -0.1) is 0 Å². The maximum atomic E-state index is 5.39. The van der Waals surface area contributed by atoms with Gasteiger partial charge >= 0.3 is 0 Å². The van der Waals surface area contributed by atoms with Gasteiger partial charge in [0.15, 0.2) is 0 Å². The van der Waals surface area contributed by atoms with Crippen LogP contribution in [0.15, 0.2) is 12.4 Å². The second kappa shape index (κ2) is 5.64. The minimum atomic E-state index is -0.0944. The number of hydrogen-bond donors (Lipinski definition) is 2. The predicted octanol–water partition coefficient (Wildman–Crippen LogP) is 0.326. The Kier molecular flexibility index (Phi) is 4.45. The summed E-state index contributed by atoms with van der Waals surface area (Å²) in [5, 5.41) is 0. The molecule has 1 unspecified atom stereocenters. The number of ether oxygens (including phenoxy) is 1. The molecular weight excluding hydrogens is 180 g/mol. The molecule has 0 saturated heterocycles. The summed E-state index contributed by atoms with van der Waals surface area (Å²) in [7, 11) is 0. The topological polar surface area (TPSA) is 73.1 Å². The van der Waals surface area contributed by atoms with Crippen molar-refractivity contribution in [3.05, 3.63) is 23.8 Å². The number of nitrogens with one attached hydrogen (secondary N) is 1. The van der Waals surface area contributed by atoms with Gasteiger partial charge in [-0.3, -0.25) is 15.8 Å². The summed E-state index contributed by atoms with van der Waals surface area (Å²) in [5.74, 6) is 5.39. The zero-order valence-corrected chi connectivity index (χ0v) is 8.53. The maximum absolute atomic E-state index is 5.39. The Hall–Kier alpha value is -1.04. The Morgan fingerprint density at radius 2 is 2.29 bits per heavy atom. The molecule has 0 aromatic carbocycles. The van der Waals surface area contributed by atoms with E-state index in [1.54, 1.807) is 12.4 Å². The molecule has 0 bridgehead atoms. The van der Waals surface area contributed by atoms with E-state index in [2.05, 4.69) is 15.4 Å². The lowest BCUT2D eigenvalue weighted by atomic mass is 10.2. The third-order valence-corrected chi connectivity index (χ3v) is 1.85. The van der Waals surface area contributed by atoms with Gasteiger partial charge in [-0.25, -0.2) is 5.43 Å². The minimum Gasteiger partial charge on any atom is -0.380 e. The smallest absolute Gasteiger partial charge is 0.0880 e. The van der Waals surface area contributed by atoms with Gasteiger partial charge in [-0.1, -0.05) is 0 Å². The van der Waals surface area contributed by atoms with Crippen LogP contribution >= 0.6 is 0 Å². The fourth-order valence-electron chi connectivity index (χ4n) is 1.04. The Morgan fingerprint density at radius 3 is 2.79 bits per heavy atom. The third-order valence-electron chi connectivity index (χ3n) is 1.85. The zero-order chi connectivity index (χ0) is 10.4. The van der Waals surface area contributed by atoms with Crippen molar-refractivity contribution >= 4 is 0 Å². The number of aryl methyl sites for hydroxylation is 1. The highest BCUT2D eigenvalue weighted by Crippen LogP contribution is 2.07. The van der Waals surface area contributed by atoms with Crippen molar-refractivity contribution in [1.29, 1.82) is 0 Å². The van der Waals surface area contributed by atoms with E-state index in [1.165, 1.54) is 0 Å². The van der Waals surface area contributed by atoms with Gasteiger partial charge in [0, 0.05) is 12.8 Å². The van der Waals surface area contributed by atoms with E-state index in [0.717, 1.165) is 11.4 Å². The van der Waals surface area contributed by atoms with Crippen LogP contribution in [0, 0.1) is 6.92 Å². The Bertz CT molecular complexity index is 262. The van der Waals surface area contributed by atoms with Crippen LogP contribution in [0.5, 0.6) is 0 Å². The van der Waals surface area contributed by atoms with Gasteiger partial charge in [-0.05, 0) is 13.8 Å². The first-order valence-corrected chi connectivity index (χ1v) is 4.60. The van der Waals surface area contributed by atoms with Crippen molar-refractivity contribution in [2.75, 3.05) is 13.2 Å². The Balaban J connectivity index is 2.64. The van der Waals surface area contributed by atoms with Crippen LogP contribution in [-0.2, 0) is 4.74 Å². The molecular formula is C9H16N4O. The standard InChI is InChI=1S/C9H16N4O/c1-3-14-6-9(13-10)8-5-11-7(2)4-12-8/h4-5,9,13H,3,6,10H2,1-2H3. The fraction of sp³-hybridized carbons (Fsp3) is 0.556.